The molecule has 0 bridgehead atoms. The minimum atomic E-state index is 0.495. The van der Waals surface area contributed by atoms with Crippen LogP contribution in [0.3, 0.4) is 0 Å². The number of hydrogen-bond acceptors (Lipinski definition) is 4. The van der Waals surface area contributed by atoms with E-state index in [9.17, 15) is 0 Å². The quantitative estimate of drug-likeness (QED) is 0.754. The van der Waals surface area contributed by atoms with Crippen LogP contribution < -0.4 is 5.73 Å². The van der Waals surface area contributed by atoms with Gasteiger partial charge in [0.1, 0.15) is 17.7 Å². The smallest absolute Gasteiger partial charge is 0.183 e. The number of nitrogens with one attached hydrogen (secondary N) is 1. The normalized spacial score (nSPS) is 31.9. The van der Waals surface area contributed by atoms with Crippen LogP contribution in [0.4, 0.5) is 5.82 Å². The molecule has 0 radical (unpaired) electrons. The summed E-state index contributed by atoms with van der Waals surface area (Å²) in [7, 11) is 0. The molecule has 0 aliphatic heterocycles. The Balaban J connectivity index is 1.79. The number of fused-ring (bicyclic) bond motifs is 2. The molecular weight excluding hydrogens is 202 g/mol. The number of nitrogen functional groups attached to an aromatic ring is 1. The Labute approximate surface area is 92.5 Å². The zero-order valence-electron chi connectivity index (χ0n) is 8.85. The summed E-state index contributed by atoms with van der Waals surface area (Å²) >= 11 is 0. The molecule has 2 atom stereocenters. The van der Waals surface area contributed by atoms with Crippen molar-refractivity contribution in [1.82, 2.24) is 19.9 Å². The number of nitrogens with two attached hydrogens (primary N) is 1. The Hall–Kier alpha value is -1.65. The van der Waals surface area contributed by atoms with Crippen molar-refractivity contribution in [3.05, 3.63) is 12.2 Å². The second kappa shape index (κ2) is 2.72. The molecule has 82 valence electrons. The zero-order valence-corrected chi connectivity index (χ0v) is 8.85. The van der Waals surface area contributed by atoms with Gasteiger partial charge < -0.3 is 10.7 Å². The average molecular weight is 215 g/mol. The van der Waals surface area contributed by atoms with Crippen LogP contribution in [0, 0.1) is 11.8 Å². The lowest BCUT2D eigenvalue weighted by Gasteiger charge is -1.97. The summed E-state index contributed by atoms with van der Waals surface area (Å²) in [4.78, 5) is 15.9. The number of imidazole rings is 1. The van der Waals surface area contributed by atoms with E-state index in [1.807, 2.05) is 0 Å². The molecule has 4 rings (SSSR count). The van der Waals surface area contributed by atoms with E-state index >= 15 is 0 Å². The van der Waals surface area contributed by atoms with Gasteiger partial charge in [0.15, 0.2) is 11.5 Å². The summed E-state index contributed by atoms with van der Waals surface area (Å²) in [5.74, 6) is 3.90. The number of rotatable bonds is 1. The van der Waals surface area contributed by atoms with Gasteiger partial charge in [0.05, 0.1) is 0 Å². The lowest BCUT2D eigenvalue weighted by Crippen LogP contribution is -1.92. The van der Waals surface area contributed by atoms with Crippen molar-refractivity contribution in [2.75, 3.05) is 5.73 Å². The van der Waals surface area contributed by atoms with E-state index in [2.05, 4.69) is 19.9 Å². The van der Waals surface area contributed by atoms with E-state index in [1.165, 1.54) is 25.6 Å². The van der Waals surface area contributed by atoms with Crippen molar-refractivity contribution in [2.45, 2.75) is 25.2 Å². The third-order valence-electron chi connectivity index (χ3n) is 4.06. The topological polar surface area (TPSA) is 80.5 Å². The minimum absolute atomic E-state index is 0.495. The summed E-state index contributed by atoms with van der Waals surface area (Å²) in [5.41, 5.74) is 7.28. The van der Waals surface area contributed by atoms with Crippen LogP contribution in [0.5, 0.6) is 0 Å². The van der Waals surface area contributed by atoms with Crippen molar-refractivity contribution < 1.29 is 0 Å². The summed E-state index contributed by atoms with van der Waals surface area (Å²) in [6.45, 7) is 0. The SMILES string of the molecule is Nc1ncnc2nc(C3C4CCCC43)[nH]c12. The van der Waals surface area contributed by atoms with E-state index in [-0.39, 0.29) is 0 Å². The third-order valence-corrected chi connectivity index (χ3v) is 4.06. The molecule has 2 heterocycles. The Morgan fingerprint density at radius 2 is 2.06 bits per heavy atom. The molecule has 2 aliphatic rings. The number of aromatic amines is 1. The first kappa shape index (κ1) is 8.50. The number of nitrogens with zero attached hydrogens (tertiary/aromatic N) is 3. The first-order valence-electron chi connectivity index (χ1n) is 5.80. The summed E-state index contributed by atoms with van der Waals surface area (Å²) < 4.78 is 0. The molecule has 2 aliphatic carbocycles. The highest BCUT2D eigenvalue weighted by Gasteiger charge is 2.54. The molecule has 2 fully saturated rings. The van der Waals surface area contributed by atoms with Gasteiger partial charge in [-0.25, -0.2) is 15.0 Å². The average Bonchev–Trinajstić information content (AvgIpc) is 2.72. The van der Waals surface area contributed by atoms with Crippen LogP contribution in [0.2, 0.25) is 0 Å². The summed E-state index contributed by atoms with van der Waals surface area (Å²) in [6, 6.07) is 0. The molecule has 0 amide bonds. The lowest BCUT2D eigenvalue weighted by molar-refractivity contribution is 0.664. The molecule has 2 aromatic rings. The van der Waals surface area contributed by atoms with Gasteiger partial charge in [-0.2, -0.15) is 0 Å². The van der Waals surface area contributed by atoms with Gasteiger partial charge in [-0.15, -0.1) is 0 Å². The first-order chi connectivity index (χ1) is 7.84. The molecular formula is C11H13N5. The van der Waals surface area contributed by atoms with Crippen LogP contribution >= 0.6 is 0 Å². The van der Waals surface area contributed by atoms with Gasteiger partial charge >= 0.3 is 0 Å². The van der Waals surface area contributed by atoms with Crippen LogP contribution in [0.15, 0.2) is 6.33 Å². The van der Waals surface area contributed by atoms with Gasteiger partial charge in [0.2, 0.25) is 0 Å². The highest BCUT2D eigenvalue weighted by molar-refractivity contribution is 5.81. The molecule has 0 saturated heterocycles. The maximum atomic E-state index is 5.78. The Morgan fingerprint density at radius 3 is 2.81 bits per heavy atom. The number of anilines is 1. The van der Waals surface area contributed by atoms with Crippen LogP contribution in [-0.2, 0) is 0 Å². The Bertz CT molecular complexity index is 551. The van der Waals surface area contributed by atoms with Gasteiger partial charge in [0.25, 0.3) is 0 Å². The van der Waals surface area contributed by atoms with E-state index in [1.54, 1.807) is 0 Å². The fourth-order valence-electron chi connectivity index (χ4n) is 3.25. The highest BCUT2D eigenvalue weighted by atomic mass is 15.1. The first-order valence-corrected chi connectivity index (χ1v) is 5.80. The van der Waals surface area contributed by atoms with Crippen molar-refractivity contribution in [3.63, 3.8) is 0 Å². The molecule has 3 N–H and O–H groups in total. The molecule has 16 heavy (non-hydrogen) atoms. The molecule has 2 saturated carbocycles. The van der Waals surface area contributed by atoms with Crippen molar-refractivity contribution >= 4 is 17.0 Å². The second-order valence-electron chi connectivity index (χ2n) is 4.86. The van der Waals surface area contributed by atoms with E-state index < -0.39 is 0 Å². The molecule has 2 aromatic heterocycles. The van der Waals surface area contributed by atoms with Gasteiger partial charge in [-0.3, -0.25) is 0 Å². The van der Waals surface area contributed by atoms with Crippen LogP contribution in [0.25, 0.3) is 11.2 Å². The fourth-order valence-corrected chi connectivity index (χ4v) is 3.25. The Morgan fingerprint density at radius 1 is 1.25 bits per heavy atom. The maximum absolute atomic E-state index is 5.78. The van der Waals surface area contributed by atoms with Crippen molar-refractivity contribution in [3.8, 4) is 0 Å². The van der Waals surface area contributed by atoms with E-state index in [0.717, 1.165) is 23.2 Å². The van der Waals surface area contributed by atoms with E-state index in [4.69, 9.17) is 5.73 Å². The highest BCUT2D eigenvalue weighted by Crippen LogP contribution is 2.62. The predicted octanol–water partition coefficient (Wildman–Crippen LogP) is 1.45. The molecule has 2 unspecified atom stereocenters. The van der Waals surface area contributed by atoms with Crippen LogP contribution in [0.1, 0.15) is 31.0 Å². The Kier molecular flexibility index (Phi) is 1.45. The molecule has 0 spiro atoms. The van der Waals surface area contributed by atoms with Crippen molar-refractivity contribution in [2.24, 2.45) is 11.8 Å². The largest absolute Gasteiger partial charge is 0.382 e. The van der Waals surface area contributed by atoms with E-state index in [0.29, 0.717) is 17.4 Å². The third kappa shape index (κ3) is 0.977. The van der Waals surface area contributed by atoms with Crippen molar-refractivity contribution in [1.29, 1.82) is 0 Å². The monoisotopic (exact) mass is 215 g/mol. The zero-order chi connectivity index (χ0) is 10.7. The number of H-pyrrole nitrogens is 1. The predicted molar refractivity (Wildman–Crippen MR) is 59.7 cm³/mol. The minimum Gasteiger partial charge on any atom is -0.382 e. The van der Waals surface area contributed by atoms with Gasteiger partial charge in [0, 0.05) is 5.92 Å². The maximum Gasteiger partial charge on any atom is 0.183 e. The van der Waals surface area contributed by atoms with Gasteiger partial charge in [-0.05, 0) is 24.7 Å². The summed E-state index contributed by atoms with van der Waals surface area (Å²) in [5, 5.41) is 0. The summed E-state index contributed by atoms with van der Waals surface area (Å²) in [6.07, 6.45) is 5.56. The number of hydrogen-bond donors (Lipinski definition) is 2. The number of aromatic nitrogens is 4. The lowest BCUT2D eigenvalue weighted by atomic mass is 10.1. The molecule has 0 aromatic carbocycles. The second-order valence-corrected chi connectivity index (χ2v) is 4.86. The fraction of sp³-hybridized carbons (Fsp3) is 0.545. The standard InChI is InChI=1S/C11H13N5/c12-9-8-11(14-4-13-9)16-10(15-8)7-5-2-1-3-6(5)7/h4-7H,1-3H2,(H3,12,13,14,15,16). The molecule has 5 nitrogen and oxygen atoms in total. The molecule has 5 heteroatoms. The van der Waals surface area contributed by atoms with Gasteiger partial charge in [-0.1, -0.05) is 6.42 Å². The van der Waals surface area contributed by atoms with Crippen LogP contribution in [-0.4, -0.2) is 19.9 Å².